The van der Waals surface area contributed by atoms with E-state index < -0.39 is 6.10 Å². The summed E-state index contributed by atoms with van der Waals surface area (Å²) in [5, 5.41) is 0. The van der Waals surface area contributed by atoms with Gasteiger partial charge in [0.2, 0.25) is 0 Å². The van der Waals surface area contributed by atoms with Crippen LogP contribution in [0.4, 0.5) is 0 Å². The lowest BCUT2D eigenvalue weighted by Gasteiger charge is -2.18. The van der Waals surface area contributed by atoms with Crippen LogP contribution >= 0.6 is 0 Å². The van der Waals surface area contributed by atoms with E-state index in [0.29, 0.717) is 19.3 Å². The molecule has 1 atom stereocenters. The maximum atomic E-state index is 12.8. The van der Waals surface area contributed by atoms with E-state index in [4.69, 9.17) is 14.2 Å². The number of carbonyl (C=O) groups is 3. The van der Waals surface area contributed by atoms with Crippen LogP contribution in [0.1, 0.15) is 258 Å². The second kappa shape index (κ2) is 59.4. The van der Waals surface area contributed by atoms with Gasteiger partial charge in [-0.25, -0.2) is 0 Å². The lowest BCUT2D eigenvalue weighted by atomic mass is 10.1. The van der Waals surface area contributed by atoms with Crippen LogP contribution < -0.4 is 0 Å². The van der Waals surface area contributed by atoms with E-state index in [-0.39, 0.29) is 31.1 Å². The monoisotopic (exact) mass is 997 g/mol. The van der Waals surface area contributed by atoms with Crippen molar-refractivity contribution in [2.75, 3.05) is 13.2 Å². The number of unbranched alkanes of at least 4 members (excludes halogenated alkanes) is 21. The molecule has 408 valence electrons. The first kappa shape index (κ1) is 67.8. The molecule has 0 radical (unpaired) electrons. The van der Waals surface area contributed by atoms with Gasteiger partial charge in [0.1, 0.15) is 13.2 Å². The molecule has 6 nitrogen and oxygen atoms in total. The van der Waals surface area contributed by atoms with Crippen LogP contribution in [-0.2, 0) is 28.6 Å². The van der Waals surface area contributed by atoms with E-state index in [9.17, 15) is 14.4 Å². The average Bonchev–Trinajstić information content (AvgIpc) is 3.38. The molecule has 0 amide bonds. The van der Waals surface area contributed by atoms with Crippen LogP contribution in [0.15, 0.2) is 122 Å². The zero-order valence-electron chi connectivity index (χ0n) is 46.7. The second-order valence-electron chi connectivity index (χ2n) is 19.2. The van der Waals surface area contributed by atoms with Gasteiger partial charge in [-0.1, -0.05) is 232 Å². The lowest BCUT2D eigenvalue weighted by molar-refractivity contribution is -0.167. The molecule has 6 heteroatoms. The van der Waals surface area contributed by atoms with Crippen molar-refractivity contribution >= 4 is 17.9 Å². The molecular weight excluding hydrogens is 889 g/mol. The van der Waals surface area contributed by atoms with Gasteiger partial charge >= 0.3 is 17.9 Å². The maximum Gasteiger partial charge on any atom is 0.306 e. The largest absolute Gasteiger partial charge is 0.462 e. The molecule has 0 aromatic carbocycles. The number of ether oxygens (including phenoxy) is 3. The van der Waals surface area contributed by atoms with Crippen molar-refractivity contribution in [1.82, 2.24) is 0 Å². The summed E-state index contributed by atoms with van der Waals surface area (Å²) in [7, 11) is 0. The lowest BCUT2D eigenvalue weighted by Crippen LogP contribution is -2.30. The highest BCUT2D eigenvalue weighted by Gasteiger charge is 2.19. The summed E-state index contributed by atoms with van der Waals surface area (Å²) in [5.74, 6) is -0.943. The van der Waals surface area contributed by atoms with Gasteiger partial charge in [-0.3, -0.25) is 14.4 Å². The fourth-order valence-corrected chi connectivity index (χ4v) is 7.75. The third-order valence-electron chi connectivity index (χ3n) is 12.2. The Morgan fingerprint density at radius 3 is 0.917 bits per heavy atom. The molecule has 0 saturated heterocycles. The Balaban J connectivity index is 4.33. The first-order valence-electron chi connectivity index (χ1n) is 29.5. The summed E-state index contributed by atoms with van der Waals surface area (Å²) in [4.78, 5) is 38.1. The van der Waals surface area contributed by atoms with Crippen molar-refractivity contribution in [2.45, 2.75) is 264 Å². The highest BCUT2D eigenvalue weighted by atomic mass is 16.6. The van der Waals surface area contributed by atoms with Gasteiger partial charge in [0.25, 0.3) is 0 Å². The standard InChI is InChI=1S/C66H108O6/c1-4-7-10-13-16-19-22-24-26-27-28-29-30-31-32-33-34-35-36-37-38-39-41-42-44-47-50-53-56-59-65(68)71-62-63(61-70-64(67)58-55-52-49-46-21-18-15-12-9-6-3)72-66(69)60-57-54-51-48-45-43-40-25-23-20-17-14-11-8-5-2/h7,10,12,15-16,19,24-26,28-29,31-32,34-35,37-38,40-42,63H,4-6,8-9,11,13-14,17-18,20-23,27,30,33,36,39,43-62H2,1-3H3/b10-7-,15-12-,19-16-,26-24-,29-28-,32-31-,35-34-,38-37-,40-25-,42-41-. The first-order valence-corrected chi connectivity index (χ1v) is 29.5. The molecular formula is C66H108O6. The SMILES string of the molecule is CC/C=C\C/C=C\C/C=C\C/C=C\C/C=C\C/C=C\C/C=C\C/C=C\CCCCCCC(=O)OCC(COC(=O)CCCCCCC/C=C\CCC)OC(=O)CCCCCCC/C=C\CCCCCCCC. The van der Waals surface area contributed by atoms with Gasteiger partial charge in [0.05, 0.1) is 0 Å². The molecule has 0 bridgehead atoms. The number of hydrogen-bond donors (Lipinski definition) is 0. The summed E-state index contributed by atoms with van der Waals surface area (Å²) >= 11 is 0. The summed E-state index contributed by atoms with van der Waals surface area (Å²) in [6.45, 7) is 6.42. The molecule has 0 fully saturated rings. The van der Waals surface area contributed by atoms with Gasteiger partial charge in [0.15, 0.2) is 6.10 Å². The second-order valence-corrected chi connectivity index (χ2v) is 19.2. The zero-order valence-corrected chi connectivity index (χ0v) is 46.7. The molecule has 1 unspecified atom stereocenters. The van der Waals surface area contributed by atoms with Crippen LogP contribution in [0.2, 0.25) is 0 Å². The van der Waals surface area contributed by atoms with Crippen molar-refractivity contribution in [1.29, 1.82) is 0 Å². The van der Waals surface area contributed by atoms with Gasteiger partial charge in [-0.05, 0) is 128 Å². The molecule has 0 aliphatic heterocycles. The molecule has 72 heavy (non-hydrogen) atoms. The average molecular weight is 998 g/mol. The molecule has 0 aromatic heterocycles. The molecule has 0 heterocycles. The summed E-state index contributed by atoms with van der Waals surface area (Å²) < 4.78 is 16.8. The van der Waals surface area contributed by atoms with Gasteiger partial charge in [-0.15, -0.1) is 0 Å². The van der Waals surface area contributed by atoms with Crippen molar-refractivity contribution < 1.29 is 28.6 Å². The number of esters is 3. The van der Waals surface area contributed by atoms with Crippen molar-refractivity contribution in [3.63, 3.8) is 0 Å². The number of carbonyl (C=O) groups excluding carboxylic acids is 3. The fraction of sp³-hybridized carbons (Fsp3) is 0.652. The minimum atomic E-state index is -0.799. The van der Waals surface area contributed by atoms with Crippen LogP contribution in [-0.4, -0.2) is 37.2 Å². The quantitative estimate of drug-likeness (QED) is 0.0261. The Labute approximate surface area is 443 Å². The topological polar surface area (TPSA) is 78.9 Å². The van der Waals surface area contributed by atoms with Gasteiger partial charge in [-0.2, -0.15) is 0 Å². The maximum absolute atomic E-state index is 12.8. The molecule has 0 aromatic rings. The smallest absolute Gasteiger partial charge is 0.306 e. The Hall–Kier alpha value is -4.19. The number of rotatable bonds is 52. The van der Waals surface area contributed by atoms with Crippen LogP contribution in [0.3, 0.4) is 0 Å². The third-order valence-corrected chi connectivity index (χ3v) is 12.2. The Kier molecular flexibility index (Phi) is 55.9. The van der Waals surface area contributed by atoms with E-state index in [1.807, 2.05) is 0 Å². The van der Waals surface area contributed by atoms with E-state index in [0.717, 1.165) is 154 Å². The zero-order chi connectivity index (χ0) is 52.2. The molecule has 0 saturated carbocycles. The summed E-state index contributed by atoms with van der Waals surface area (Å²) in [5.41, 5.74) is 0. The summed E-state index contributed by atoms with van der Waals surface area (Å²) in [6, 6.07) is 0. The normalized spacial score (nSPS) is 13.0. The first-order chi connectivity index (χ1) is 35.5. The van der Waals surface area contributed by atoms with Crippen molar-refractivity contribution in [3.05, 3.63) is 122 Å². The minimum absolute atomic E-state index is 0.0961. The Morgan fingerprint density at radius 1 is 0.292 bits per heavy atom. The van der Waals surface area contributed by atoms with E-state index in [1.54, 1.807) is 0 Å². The van der Waals surface area contributed by atoms with Crippen LogP contribution in [0.25, 0.3) is 0 Å². The number of allylic oxidation sites excluding steroid dienone is 20. The number of hydrogen-bond acceptors (Lipinski definition) is 6. The Morgan fingerprint density at radius 2 is 0.569 bits per heavy atom. The van der Waals surface area contributed by atoms with Gasteiger partial charge in [0, 0.05) is 19.3 Å². The van der Waals surface area contributed by atoms with Crippen LogP contribution in [0, 0.1) is 0 Å². The predicted octanol–water partition coefficient (Wildman–Crippen LogP) is 20.0. The van der Waals surface area contributed by atoms with Crippen molar-refractivity contribution in [3.8, 4) is 0 Å². The molecule has 0 aliphatic rings. The van der Waals surface area contributed by atoms with E-state index in [1.165, 1.54) is 64.2 Å². The van der Waals surface area contributed by atoms with E-state index >= 15 is 0 Å². The molecule has 0 rings (SSSR count). The predicted molar refractivity (Wildman–Crippen MR) is 311 cm³/mol. The highest BCUT2D eigenvalue weighted by Crippen LogP contribution is 2.14. The summed E-state index contributed by atoms with van der Waals surface area (Å²) in [6.07, 6.45) is 82.0. The third kappa shape index (κ3) is 56.7. The van der Waals surface area contributed by atoms with E-state index in [2.05, 4.69) is 142 Å². The molecule has 0 N–H and O–H groups in total. The molecule has 0 spiro atoms. The Bertz CT molecular complexity index is 1520. The van der Waals surface area contributed by atoms with Crippen molar-refractivity contribution in [2.24, 2.45) is 0 Å². The minimum Gasteiger partial charge on any atom is -0.462 e. The van der Waals surface area contributed by atoms with Crippen LogP contribution in [0.5, 0.6) is 0 Å². The fourth-order valence-electron chi connectivity index (χ4n) is 7.75. The van der Waals surface area contributed by atoms with Gasteiger partial charge < -0.3 is 14.2 Å². The highest BCUT2D eigenvalue weighted by molar-refractivity contribution is 5.71. The molecule has 0 aliphatic carbocycles.